The van der Waals surface area contributed by atoms with Crippen LogP contribution in [0.3, 0.4) is 0 Å². The van der Waals surface area contributed by atoms with E-state index in [2.05, 4.69) is 15.0 Å². The van der Waals surface area contributed by atoms with Gasteiger partial charge in [-0.15, -0.1) is 4.40 Å². The summed E-state index contributed by atoms with van der Waals surface area (Å²) in [6.45, 7) is 7.60. The molecule has 1 fully saturated rings. The summed E-state index contributed by atoms with van der Waals surface area (Å²) in [6, 6.07) is 5.26. The molecule has 2 amide bonds. The highest BCUT2D eigenvalue weighted by Crippen LogP contribution is 2.34. The molecule has 3 rings (SSSR count). The van der Waals surface area contributed by atoms with E-state index >= 15 is 0 Å². The van der Waals surface area contributed by atoms with Crippen LogP contribution in [-0.4, -0.2) is 50.9 Å². The summed E-state index contributed by atoms with van der Waals surface area (Å²) in [5.74, 6) is 0.401. The number of rotatable bonds is 4. The fourth-order valence-electron chi connectivity index (χ4n) is 3.55. The van der Waals surface area contributed by atoms with E-state index in [1.807, 2.05) is 18.7 Å². The Kier molecular flexibility index (Phi) is 6.26. The van der Waals surface area contributed by atoms with Crippen LogP contribution in [-0.2, 0) is 10.0 Å². The summed E-state index contributed by atoms with van der Waals surface area (Å²) in [7, 11) is -3.83. The van der Waals surface area contributed by atoms with Crippen LogP contribution in [0.5, 0.6) is 0 Å². The van der Waals surface area contributed by atoms with Gasteiger partial charge >= 0.3 is 6.03 Å². The highest BCUT2D eigenvalue weighted by Gasteiger charge is 2.35. The van der Waals surface area contributed by atoms with E-state index < -0.39 is 15.8 Å². The standard InChI is InChI=1S/C20H27FN4O3S/c1-13(2)12-22-20(26)23-17-8-10-25(11-9-17)19-14(3)18(29(27,28)24-19)15-4-6-16(21)7-5-15/h4-7,13,17H,8-12H2,1-3H3,(H2,22,23,26). The summed E-state index contributed by atoms with van der Waals surface area (Å²) >= 11 is 0. The van der Waals surface area contributed by atoms with Crippen molar-refractivity contribution in [1.82, 2.24) is 15.5 Å². The fraction of sp³-hybridized carbons (Fsp3) is 0.500. The Morgan fingerprint density at radius 2 is 1.86 bits per heavy atom. The minimum atomic E-state index is -3.83. The first-order chi connectivity index (χ1) is 13.7. The summed E-state index contributed by atoms with van der Waals surface area (Å²) in [4.78, 5) is 14.0. The van der Waals surface area contributed by atoms with Crippen LogP contribution < -0.4 is 10.6 Å². The molecule has 1 aromatic carbocycles. The van der Waals surface area contributed by atoms with Crippen molar-refractivity contribution in [3.05, 3.63) is 41.2 Å². The number of piperidine rings is 1. The molecule has 29 heavy (non-hydrogen) atoms. The van der Waals surface area contributed by atoms with Gasteiger partial charge in [0.05, 0.1) is 0 Å². The Morgan fingerprint density at radius 3 is 2.45 bits per heavy atom. The van der Waals surface area contributed by atoms with Gasteiger partial charge in [0.2, 0.25) is 0 Å². The Morgan fingerprint density at radius 1 is 1.24 bits per heavy atom. The Labute approximate surface area is 171 Å². The van der Waals surface area contributed by atoms with Crippen molar-refractivity contribution in [1.29, 1.82) is 0 Å². The number of nitrogens with zero attached hydrogens (tertiary/aromatic N) is 2. The predicted octanol–water partition coefficient (Wildman–Crippen LogP) is 2.72. The second kappa shape index (κ2) is 8.52. The number of benzene rings is 1. The Bertz CT molecular complexity index is 931. The predicted molar refractivity (Wildman–Crippen MR) is 111 cm³/mol. The molecule has 2 aliphatic rings. The van der Waals surface area contributed by atoms with Gasteiger partial charge < -0.3 is 15.5 Å². The van der Waals surface area contributed by atoms with Crippen LogP contribution in [0.4, 0.5) is 9.18 Å². The smallest absolute Gasteiger partial charge is 0.315 e. The number of hydrogen-bond donors (Lipinski definition) is 2. The normalized spacial score (nSPS) is 19.5. The number of hydrogen-bond acceptors (Lipinski definition) is 4. The summed E-state index contributed by atoms with van der Waals surface area (Å²) in [5.41, 5.74) is 0.999. The molecule has 0 saturated carbocycles. The maximum absolute atomic E-state index is 13.2. The zero-order valence-electron chi connectivity index (χ0n) is 16.9. The lowest BCUT2D eigenvalue weighted by Gasteiger charge is -2.33. The summed E-state index contributed by atoms with van der Waals surface area (Å²) in [5, 5.41) is 5.81. The third-order valence-electron chi connectivity index (χ3n) is 5.05. The number of urea groups is 1. The van der Waals surface area contributed by atoms with Crippen LogP contribution in [0.1, 0.15) is 39.2 Å². The maximum atomic E-state index is 13.2. The van der Waals surface area contributed by atoms with Gasteiger partial charge in [-0.3, -0.25) is 0 Å². The minimum absolute atomic E-state index is 0.0397. The number of carbonyl (C=O) groups excluding carboxylic acids is 1. The number of amides is 2. The molecular weight excluding hydrogens is 395 g/mol. The number of carbonyl (C=O) groups is 1. The zero-order chi connectivity index (χ0) is 21.2. The first-order valence-corrected chi connectivity index (χ1v) is 11.2. The van der Waals surface area contributed by atoms with Crippen molar-refractivity contribution in [2.24, 2.45) is 10.3 Å². The van der Waals surface area contributed by atoms with Crippen molar-refractivity contribution in [3.63, 3.8) is 0 Å². The molecule has 1 aromatic rings. The van der Waals surface area contributed by atoms with Gasteiger partial charge in [-0.2, -0.15) is 8.42 Å². The van der Waals surface area contributed by atoms with Crippen LogP contribution in [0.15, 0.2) is 34.2 Å². The highest BCUT2D eigenvalue weighted by molar-refractivity contribution is 8.00. The van der Waals surface area contributed by atoms with Gasteiger partial charge in [-0.25, -0.2) is 9.18 Å². The highest BCUT2D eigenvalue weighted by atomic mass is 32.2. The second-order valence-electron chi connectivity index (χ2n) is 7.86. The number of sulfonamides is 1. The van der Waals surface area contributed by atoms with Gasteiger partial charge in [0.1, 0.15) is 16.6 Å². The van der Waals surface area contributed by atoms with Crippen molar-refractivity contribution in [2.75, 3.05) is 19.6 Å². The lowest BCUT2D eigenvalue weighted by molar-refractivity contribution is 0.225. The molecule has 2 heterocycles. The fourth-order valence-corrected chi connectivity index (χ4v) is 5.04. The van der Waals surface area contributed by atoms with Crippen LogP contribution >= 0.6 is 0 Å². The quantitative estimate of drug-likeness (QED) is 0.781. The molecule has 1 saturated heterocycles. The van der Waals surface area contributed by atoms with E-state index in [1.54, 1.807) is 6.92 Å². The number of amidine groups is 1. The van der Waals surface area contributed by atoms with Gasteiger partial charge in [0.25, 0.3) is 10.0 Å². The molecule has 7 nitrogen and oxygen atoms in total. The van der Waals surface area contributed by atoms with E-state index in [1.165, 1.54) is 24.3 Å². The molecule has 9 heteroatoms. The van der Waals surface area contributed by atoms with E-state index in [0.717, 1.165) is 0 Å². The molecule has 0 aliphatic carbocycles. The third kappa shape index (κ3) is 4.95. The molecule has 0 unspecified atom stereocenters. The first-order valence-electron chi connectivity index (χ1n) is 9.79. The van der Waals surface area contributed by atoms with E-state index in [0.29, 0.717) is 55.4 Å². The van der Waals surface area contributed by atoms with Crippen LogP contribution in [0.2, 0.25) is 0 Å². The number of nitrogens with one attached hydrogen (secondary N) is 2. The summed E-state index contributed by atoms with van der Waals surface area (Å²) < 4.78 is 42.4. The molecule has 2 aliphatic heterocycles. The second-order valence-corrected chi connectivity index (χ2v) is 9.40. The number of likely N-dealkylation sites (tertiary alicyclic amines) is 1. The van der Waals surface area contributed by atoms with Crippen molar-refractivity contribution >= 4 is 26.8 Å². The molecule has 0 radical (unpaired) electrons. The van der Waals surface area contributed by atoms with Crippen molar-refractivity contribution in [3.8, 4) is 0 Å². The Hall–Kier alpha value is -2.42. The first kappa shape index (κ1) is 21.3. The minimum Gasteiger partial charge on any atom is -0.356 e. The average molecular weight is 423 g/mol. The van der Waals surface area contributed by atoms with E-state index in [4.69, 9.17) is 0 Å². The van der Waals surface area contributed by atoms with Crippen LogP contribution in [0.25, 0.3) is 4.91 Å². The summed E-state index contributed by atoms with van der Waals surface area (Å²) in [6.07, 6.45) is 1.40. The van der Waals surface area contributed by atoms with Gasteiger partial charge in [0.15, 0.2) is 0 Å². The Balaban J connectivity index is 1.66. The lowest BCUT2D eigenvalue weighted by Crippen LogP contribution is -2.49. The largest absolute Gasteiger partial charge is 0.356 e. The monoisotopic (exact) mass is 422 g/mol. The third-order valence-corrected chi connectivity index (χ3v) is 6.52. The average Bonchev–Trinajstić information content (AvgIpc) is 2.91. The molecule has 0 bridgehead atoms. The molecule has 0 spiro atoms. The molecular formula is C20H27FN4O3S. The van der Waals surface area contributed by atoms with Gasteiger partial charge in [-0.05, 0) is 43.4 Å². The molecule has 0 aromatic heterocycles. The number of halogens is 1. The van der Waals surface area contributed by atoms with Crippen LogP contribution in [0, 0.1) is 11.7 Å². The lowest BCUT2D eigenvalue weighted by atomic mass is 10.0. The SMILES string of the molecule is CC1=C(c2ccc(F)cc2)S(=O)(=O)N=C1N1CCC(NC(=O)NCC(C)C)CC1. The zero-order valence-corrected chi connectivity index (χ0v) is 17.7. The van der Waals surface area contributed by atoms with E-state index in [-0.39, 0.29) is 17.0 Å². The van der Waals surface area contributed by atoms with E-state index in [9.17, 15) is 17.6 Å². The molecule has 2 N–H and O–H groups in total. The van der Waals surface area contributed by atoms with Gasteiger partial charge in [0, 0.05) is 31.2 Å². The van der Waals surface area contributed by atoms with Gasteiger partial charge in [-0.1, -0.05) is 26.0 Å². The van der Waals surface area contributed by atoms with Crippen molar-refractivity contribution in [2.45, 2.75) is 39.7 Å². The maximum Gasteiger partial charge on any atom is 0.315 e. The molecule has 158 valence electrons. The van der Waals surface area contributed by atoms with Crippen molar-refractivity contribution < 1.29 is 17.6 Å². The topological polar surface area (TPSA) is 90.9 Å². The molecule has 0 atom stereocenters.